The molecule has 0 fully saturated rings. The van der Waals surface area contributed by atoms with Gasteiger partial charge in [-0.1, -0.05) is 27.5 Å². The molecule has 15 heavy (non-hydrogen) atoms. The van der Waals surface area contributed by atoms with E-state index >= 15 is 0 Å². The highest BCUT2D eigenvalue weighted by Gasteiger charge is 2.01. The van der Waals surface area contributed by atoms with Crippen molar-refractivity contribution in [2.45, 2.75) is 19.3 Å². The fourth-order valence-electron chi connectivity index (χ4n) is 1.17. The molecular weight excluding hydrogens is 296 g/mol. The Balaban J connectivity index is 2.31. The lowest BCUT2D eigenvalue weighted by molar-refractivity contribution is 0.306. The second-order valence-electron chi connectivity index (χ2n) is 3.21. The number of ether oxygens (including phenoxy) is 1. The Morgan fingerprint density at radius 1 is 1.27 bits per heavy atom. The number of unbranched alkanes of at least 4 members (excludes halogenated alkanes) is 2. The van der Waals surface area contributed by atoms with Crippen molar-refractivity contribution in [2.24, 2.45) is 0 Å². The molecule has 0 saturated carbocycles. The van der Waals surface area contributed by atoms with Crippen LogP contribution in [0.2, 0.25) is 5.02 Å². The van der Waals surface area contributed by atoms with Crippen molar-refractivity contribution < 1.29 is 4.74 Å². The van der Waals surface area contributed by atoms with Gasteiger partial charge in [0, 0.05) is 4.47 Å². The minimum Gasteiger partial charge on any atom is -0.492 e. The summed E-state index contributed by atoms with van der Waals surface area (Å²) in [6.45, 7) is 0.717. The number of halogens is 2. The summed E-state index contributed by atoms with van der Waals surface area (Å²) in [7, 11) is 0. The van der Waals surface area contributed by atoms with Gasteiger partial charge in [0.1, 0.15) is 5.75 Å². The van der Waals surface area contributed by atoms with Gasteiger partial charge in [-0.15, -0.1) is 0 Å². The van der Waals surface area contributed by atoms with Gasteiger partial charge < -0.3 is 4.74 Å². The molecule has 0 radical (unpaired) electrons. The van der Waals surface area contributed by atoms with E-state index in [-0.39, 0.29) is 0 Å². The quantitative estimate of drug-likeness (QED) is 0.598. The van der Waals surface area contributed by atoms with E-state index in [0.29, 0.717) is 5.02 Å². The Morgan fingerprint density at radius 3 is 2.73 bits per heavy atom. The zero-order valence-electron chi connectivity index (χ0n) is 8.38. The summed E-state index contributed by atoms with van der Waals surface area (Å²) in [6, 6.07) is 5.64. The van der Waals surface area contributed by atoms with E-state index in [2.05, 4.69) is 28.6 Å². The van der Waals surface area contributed by atoms with Crippen molar-refractivity contribution in [3.63, 3.8) is 0 Å². The number of hydrogen-bond acceptors (Lipinski definition) is 2. The molecular formula is C11H14BrClOS. The van der Waals surface area contributed by atoms with Gasteiger partial charge in [-0.25, -0.2) is 0 Å². The van der Waals surface area contributed by atoms with Crippen LogP contribution >= 0.6 is 40.2 Å². The van der Waals surface area contributed by atoms with Crippen LogP contribution < -0.4 is 4.74 Å². The van der Waals surface area contributed by atoms with Crippen LogP contribution in [0, 0.1) is 0 Å². The number of benzene rings is 1. The number of thiol groups is 1. The molecule has 0 saturated heterocycles. The molecule has 0 bridgehead atoms. The molecule has 1 aromatic rings. The molecule has 0 aliphatic heterocycles. The first-order valence-corrected chi connectivity index (χ1v) is 6.73. The van der Waals surface area contributed by atoms with E-state index in [1.807, 2.05) is 18.2 Å². The van der Waals surface area contributed by atoms with Crippen LogP contribution in [0.4, 0.5) is 0 Å². The van der Waals surface area contributed by atoms with Crippen LogP contribution in [0.3, 0.4) is 0 Å². The molecule has 0 spiro atoms. The van der Waals surface area contributed by atoms with E-state index < -0.39 is 0 Å². The van der Waals surface area contributed by atoms with Crippen molar-refractivity contribution >= 4 is 40.2 Å². The molecule has 0 amide bonds. The predicted octanol–water partition coefficient (Wildman–Crippen LogP) is 4.58. The van der Waals surface area contributed by atoms with Gasteiger partial charge >= 0.3 is 0 Å². The third kappa shape index (κ3) is 5.14. The van der Waals surface area contributed by atoms with Crippen LogP contribution in [0.1, 0.15) is 19.3 Å². The monoisotopic (exact) mass is 308 g/mol. The van der Waals surface area contributed by atoms with E-state index in [0.717, 1.165) is 41.8 Å². The molecule has 0 unspecified atom stereocenters. The lowest BCUT2D eigenvalue weighted by atomic mass is 10.3. The average Bonchev–Trinajstić information content (AvgIpc) is 2.20. The topological polar surface area (TPSA) is 9.23 Å². The maximum absolute atomic E-state index is 6.00. The summed E-state index contributed by atoms with van der Waals surface area (Å²) in [5, 5.41) is 0.651. The highest BCUT2D eigenvalue weighted by Crippen LogP contribution is 2.27. The molecule has 4 heteroatoms. The maximum atomic E-state index is 6.00. The zero-order chi connectivity index (χ0) is 11.1. The third-order valence-corrected chi connectivity index (χ3v) is 3.06. The molecule has 1 aromatic carbocycles. The van der Waals surface area contributed by atoms with Crippen molar-refractivity contribution in [2.75, 3.05) is 12.4 Å². The molecule has 1 nitrogen and oxygen atoms in total. The first kappa shape index (κ1) is 13.2. The normalized spacial score (nSPS) is 10.3. The predicted molar refractivity (Wildman–Crippen MR) is 72.4 cm³/mol. The minimum absolute atomic E-state index is 0.651. The van der Waals surface area contributed by atoms with Gasteiger partial charge in [0.2, 0.25) is 0 Å². The first-order chi connectivity index (χ1) is 7.24. The Bertz CT molecular complexity index is 307. The molecule has 0 aliphatic rings. The van der Waals surface area contributed by atoms with Crippen LogP contribution in [0.15, 0.2) is 22.7 Å². The summed E-state index contributed by atoms with van der Waals surface area (Å²) in [4.78, 5) is 0. The van der Waals surface area contributed by atoms with Gasteiger partial charge in [-0.3, -0.25) is 0 Å². The second-order valence-corrected chi connectivity index (χ2v) is 4.98. The molecule has 0 aliphatic carbocycles. The van der Waals surface area contributed by atoms with Gasteiger partial charge in [-0.05, 0) is 43.2 Å². The SMILES string of the molecule is SCCCCCOc1ccc(Br)cc1Cl. The second kappa shape index (κ2) is 7.42. The van der Waals surface area contributed by atoms with Gasteiger partial charge in [0.05, 0.1) is 11.6 Å². The zero-order valence-corrected chi connectivity index (χ0v) is 11.6. The van der Waals surface area contributed by atoms with E-state index in [4.69, 9.17) is 16.3 Å². The lowest BCUT2D eigenvalue weighted by Gasteiger charge is -2.07. The smallest absolute Gasteiger partial charge is 0.137 e. The molecule has 0 heterocycles. The Morgan fingerprint density at radius 2 is 2.07 bits per heavy atom. The van der Waals surface area contributed by atoms with Gasteiger partial charge in [0.15, 0.2) is 0 Å². The van der Waals surface area contributed by atoms with Crippen molar-refractivity contribution in [1.82, 2.24) is 0 Å². The van der Waals surface area contributed by atoms with E-state index in [9.17, 15) is 0 Å². The number of rotatable bonds is 6. The van der Waals surface area contributed by atoms with Crippen molar-refractivity contribution in [3.05, 3.63) is 27.7 Å². The fraction of sp³-hybridized carbons (Fsp3) is 0.455. The molecule has 84 valence electrons. The van der Waals surface area contributed by atoms with E-state index in [1.54, 1.807) is 0 Å². The Kier molecular flexibility index (Phi) is 6.53. The summed E-state index contributed by atoms with van der Waals surface area (Å²) >= 11 is 13.5. The minimum atomic E-state index is 0.651. The molecule has 0 aromatic heterocycles. The molecule has 0 N–H and O–H groups in total. The first-order valence-electron chi connectivity index (χ1n) is 4.93. The highest BCUT2D eigenvalue weighted by atomic mass is 79.9. The van der Waals surface area contributed by atoms with E-state index in [1.165, 1.54) is 0 Å². The third-order valence-electron chi connectivity index (χ3n) is 1.95. The average molecular weight is 310 g/mol. The number of hydrogen-bond donors (Lipinski definition) is 1. The van der Waals surface area contributed by atoms with Crippen LogP contribution in [-0.2, 0) is 0 Å². The fourth-order valence-corrected chi connectivity index (χ4v) is 2.12. The standard InChI is InChI=1S/C11H14BrClOS/c12-9-4-5-11(10(13)8-9)14-6-2-1-3-7-15/h4-5,8,15H,1-3,6-7H2. The summed E-state index contributed by atoms with van der Waals surface area (Å²) < 4.78 is 6.53. The lowest BCUT2D eigenvalue weighted by Crippen LogP contribution is -1.97. The summed E-state index contributed by atoms with van der Waals surface area (Å²) in [6.07, 6.45) is 3.34. The highest BCUT2D eigenvalue weighted by molar-refractivity contribution is 9.10. The van der Waals surface area contributed by atoms with Crippen molar-refractivity contribution in [1.29, 1.82) is 0 Å². The van der Waals surface area contributed by atoms with Crippen LogP contribution in [0.25, 0.3) is 0 Å². The summed E-state index contributed by atoms with van der Waals surface area (Å²) in [5.41, 5.74) is 0. The Labute approximate surface area is 110 Å². The maximum Gasteiger partial charge on any atom is 0.137 e. The van der Waals surface area contributed by atoms with Crippen LogP contribution in [0.5, 0.6) is 5.75 Å². The van der Waals surface area contributed by atoms with Crippen LogP contribution in [-0.4, -0.2) is 12.4 Å². The van der Waals surface area contributed by atoms with Crippen molar-refractivity contribution in [3.8, 4) is 5.75 Å². The largest absolute Gasteiger partial charge is 0.492 e. The Hall–Kier alpha value is 0.140. The molecule has 1 rings (SSSR count). The summed E-state index contributed by atoms with van der Waals surface area (Å²) in [5.74, 6) is 1.70. The molecule has 0 atom stereocenters. The van der Waals surface area contributed by atoms with Gasteiger partial charge in [0.25, 0.3) is 0 Å². The van der Waals surface area contributed by atoms with Gasteiger partial charge in [-0.2, -0.15) is 12.6 Å².